The third-order valence-corrected chi connectivity index (χ3v) is 8.36. The van der Waals surface area contributed by atoms with Crippen LogP contribution in [0.5, 0.6) is 0 Å². The van der Waals surface area contributed by atoms with Gasteiger partial charge < -0.3 is 0 Å². The fourth-order valence-corrected chi connectivity index (χ4v) is 6.29. The Bertz CT molecular complexity index is 2410. The number of hydrogen-bond acceptors (Lipinski definition) is 5. The van der Waals surface area contributed by atoms with Crippen LogP contribution in [0.3, 0.4) is 0 Å². The lowest BCUT2D eigenvalue weighted by atomic mass is 10.0. The van der Waals surface area contributed by atoms with Crippen LogP contribution in [0, 0.1) is 0 Å². The van der Waals surface area contributed by atoms with Crippen LogP contribution >= 0.6 is 0 Å². The van der Waals surface area contributed by atoms with Crippen LogP contribution in [0.4, 0.5) is 0 Å². The van der Waals surface area contributed by atoms with Crippen LogP contribution < -0.4 is 0 Å². The third kappa shape index (κ3) is 3.79. The smallest absolute Gasteiger partial charge is 0.168 e. The highest BCUT2D eigenvalue weighted by Crippen LogP contribution is 2.35. The van der Waals surface area contributed by atoms with Crippen molar-refractivity contribution in [3.63, 3.8) is 0 Å². The van der Waals surface area contributed by atoms with Crippen molar-refractivity contribution in [2.24, 2.45) is 4.99 Å². The van der Waals surface area contributed by atoms with Crippen molar-refractivity contribution in [3.05, 3.63) is 133 Å². The van der Waals surface area contributed by atoms with Gasteiger partial charge in [0.05, 0.1) is 16.7 Å². The van der Waals surface area contributed by atoms with Gasteiger partial charge >= 0.3 is 0 Å². The van der Waals surface area contributed by atoms with Crippen LogP contribution in [-0.2, 0) is 0 Å². The Kier molecular flexibility index (Phi) is 5.49. The summed E-state index contributed by atoms with van der Waals surface area (Å²) in [5.41, 5.74) is 12.3. The van der Waals surface area contributed by atoms with Crippen LogP contribution in [0.1, 0.15) is 18.4 Å². The average Bonchev–Trinajstić information content (AvgIpc) is 3.60. The second-order valence-corrected chi connectivity index (χ2v) is 10.9. The molecule has 0 N–H and O–H groups in total. The first-order valence-corrected chi connectivity index (χ1v) is 14.7. The fraction of sp³-hybridized carbons (Fsp3) is 0.0541. The second-order valence-electron chi connectivity index (χ2n) is 10.9. The number of rotatable bonds is 4. The van der Waals surface area contributed by atoms with Crippen LogP contribution in [0.15, 0.2) is 133 Å². The maximum Gasteiger partial charge on any atom is 0.168 e. The molecular formula is C37H25N7. The van der Waals surface area contributed by atoms with Crippen molar-refractivity contribution in [1.29, 1.82) is 0 Å². The molecule has 0 aliphatic carbocycles. The van der Waals surface area contributed by atoms with E-state index >= 15 is 0 Å². The Morgan fingerprint density at radius 1 is 0.545 bits per heavy atom. The van der Waals surface area contributed by atoms with Gasteiger partial charge in [0.2, 0.25) is 0 Å². The van der Waals surface area contributed by atoms with Crippen molar-refractivity contribution in [1.82, 2.24) is 29.1 Å². The molecule has 0 fully saturated rings. The molecule has 0 amide bonds. The molecule has 9 rings (SSSR count). The Labute approximate surface area is 252 Å². The molecule has 7 heteroatoms. The summed E-state index contributed by atoms with van der Waals surface area (Å²) in [6, 6.07) is 35.4. The first-order valence-electron chi connectivity index (χ1n) is 14.7. The normalized spacial score (nSPS) is 13.3. The van der Waals surface area contributed by atoms with Gasteiger partial charge in [-0.3, -0.25) is 24.1 Å². The molecule has 7 nitrogen and oxygen atoms in total. The molecule has 0 atom stereocenters. The number of pyridine rings is 2. The highest BCUT2D eigenvalue weighted by molar-refractivity contribution is 6.11. The fourth-order valence-electron chi connectivity index (χ4n) is 6.29. The van der Waals surface area contributed by atoms with E-state index in [9.17, 15) is 0 Å². The number of allylic oxidation sites excluding steroid dienone is 1. The second kappa shape index (κ2) is 9.81. The van der Waals surface area contributed by atoms with E-state index in [1.165, 1.54) is 0 Å². The largest absolute Gasteiger partial charge is 0.292 e. The van der Waals surface area contributed by atoms with Gasteiger partial charge in [0.1, 0.15) is 16.6 Å². The topological polar surface area (TPSA) is 73.8 Å². The molecule has 5 aromatic heterocycles. The van der Waals surface area contributed by atoms with Gasteiger partial charge in [0, 0.05) is 46.6 Å². The van der Waals surface area contributed by atoms with Crippen molar-refractivity contribution >= 4 is 50.0 Å². The third-order valence-electron chi connectivity index (χ3n) is 8.36. The predicted molar refractivity (Wildman–Crippen MR) is 177 cm³/mol. The molecule has 0 saturated carbocycles. The molecule has 1 aliphatic heterocycles. The molecule has 0 saturated heterocycles. The SMILES string of the molecule is C1=CN=C(c2ccc(-n3c4ccccc4c4nc5c6ncccc6n(-c6ccc(-c7ccccn7)cc6)c5nc43)cc2)CC1. The zero-order valence-electron chi connectivity index (χ0n) is 23.7. The van der Waals surface area contributed by atoms with Crippen molar-refractivity contribution in [3.8, 4) is 22.6 Å². The van der Waals surface area contributed by atoms with E-state index < -0.39 is 0 Å². The van der Waals surface area contributed by atoms with E-state index in [1.54, 1.807) is 0 Å². The number of benzene rings is 3. The number of hydrogen-bond donors (Lipinski definition) is 0. The van der Waals surface area contributed by atoms with Gasteiger partial charge in [-0.2, -0.15) is 0 Å². The van der Waals surface area contributed by atoms with E-state index in [-0.39, 0.29) is 0 Å². The average molecular weight is 568 g/mol. The van der Waals surface area contributed by atoms with Gasteiger partial charge in [-0.15, -0.1) is 0 Å². The molecule has 44 heavy (non-hydrogen) atoms. The monoisotopic (exact) mass is 567 g/mol. The molecule has 6 heterocycles. The van der Waals surface area contributed by atoms with E-state index in [2.05, 4.69) is 104 Å². The zero-order chi connectivity index (χ0) is 29.0. The summed E-state index contributed by atoms with van der Waals surface area (Å²) in [6.45, 7) is 0. The summed E-state index contributed by atoms with van der Waals surface area (Å²) in [4.78, 5) is 24.5. The molecule has 3 aromatic carbocycles. The van der Waals surface area contributed by atoms with Gasteiger partial charge in [-0.25, -0.2) is 9.97 Å². The first kappa shape index (κ1) is 24.6. The molecular weight excluding hydrogens is 542 g/mol. The number of nitrogens with zero attached hydrogens (tertiary/aromatic N) is 7. The van der Waals surface area contributed by atoms with Gasteiger partial charge in [-0.05, 0) is 73.0 Å². The predicted octanol–water partition coefficient (Wildman–Crippen LogP) is 8.22. The molecule has 0 radical (unpaired) electrons. The van der Waals surface area contributed by atoms with E-state index in [0.717, 1.165) is 91.0 Å². The molecule has 8 aromatic rings. The summed E-state index contributed by atoms with van der Waals surface area (Å²) >= 11 is 0. The zero-order valence-corrected chi connectivity index (χ0v) is 23.7. The molecule has 208 valence electrons. The summed E-state index contributed by atoms with van der Waals surface area (Å²) < 4.78 is 4.37. The van der Waals surface area contributed by atoms with Crippen LogP contribution in [0.2, 0.25) is 0 Å². The Hall–Kier alpha value is -5.95. The summed E-state index contributed by atoms with van der Waals surface area (Å²) in [5.74, 6) is 0. The van der Waals surface area contributed by atoms with Gasteiger partial charge in [0.15, 0.2) is 11.3 Å². The molecule has 1 aliphatic rings. The number of aliphatic imine (C=N–C) groups is 1. The molecule has 0 bridgehead atoms. The summed E-state index contributed by atoms with van der Waals surface area (Å²) in [7, 11) is 0. The minimum absolute atomic E-state index is 0.765. The Morgan fingerprint density at radius 2 is 1.25 bits per heavy atom. The first-order chi connectivity index (χ1) is 21.8. The Morgan fingerprint density at radius 3 is 2.02 bits per heavy atom. The lowest BCUT2D eigenvalue weighted by molar-refractivity contribution is 1.06. The lowest BCUT2D eigenvalue weighted by Crippen LogP contribution is -2.03. The lowest BCUT2D eigenvalue weighted by Gasteiger charge is -2.11. The quantitative estimate of drug-likeness (QED) is 0.215. The van der Waals surface area contributed by atoms with Crippen molar-refractivity contribution in [2.75, 3.05) is 0 Å². The molecule has 0 spiro atoms. The number of fused-ring (bicyclic) bond motifs is 6. The highest BCUT2D eigenvalue weighted by Gasteiger charge is 2.21. The van der Waals surface area contributed by atoms with Crippen LogP contribution in [-0.4, -0.2) is 34.8 Å². The minimum atomic E-state index is 0.765. The van der Waals surface area contributed by atoms with E-state index in [1.807, 2.05) is 42.9 Å². The standard InChI is InChI=1S/C37H25N7/c1-2-11-31-28(8-1)33-36(43(31)26-17-13-24(14-18-26)29-9-3-5-21-38-29)42-37-35(41-33)34-32(12-7-23-40-34)44(37)27-19-15-25(16-20-27)30-10-4-6-22-39-30/h1-2,4-8,10-23H,3,9H2. The van der Waals surface area contributed by atoms with E-state index in [0.29, 0.717) is 0 Å². The van der Waals surface area contributed by atoms with Crippen molar-refractivity contribution in [2.45, 2.75) is 12.8 Å². The number of para-hydroxylation sites is 1. The summed E-state index contributed by atoms with van der Waals surface area (Å²) in [5, 5.41) is 1.05. The van der Waals surface area contributed by atoms with Crippen LogP contribution in [0.25, 0.3) is 66.9 Å². The maximum atomic E-state index is 5.38. The number of aromatic nitrogens is 6. The van der Waals surface area contributed by atoms with Crippen molar-refractivity contribution < 1.29 is 0 Å². The molecule has 0 unspecified atom stereocenters. The van der Waals surface area contributed by atoms with E-state index in [4.69, 9.17) is 15.0 Å². The highest BCUT2D eigenvalue weighted by atomic mass is 15.1. The van der Waals surface area contributed by atoms with Gasteiger partial charge in [0.25, 0.3) is 0 Å². The summed E-state index contributed by atoms with van der Waals surface area (Å²) in [6.07, 6.45) is 9.62. The minimum Gasteiger partial charge on any atom is -0.292 e. The maximum absolute atomic E-state index is 5.38. The van der Waals surface area contributed by atoms with Gasteiger partial charge in [-0.1, -0.05) is 54.6 Å². The Balaban J connectivity index is 1.28.